The topological polar surface area (TPSA) is 4.93 Å². The maximum absolute atomic E-state index is 2.41. The van der Waals surface area contributed by atoms with Gasteiger partial charge in [0.05, 0.1) is 11.0 Å². The number of benzene rings is 5. The minimum atomic E-state index is 0.287. The second kappa shape index (κ2) is 9.10. The van der Waals surface area contributed by atoms with E-state index in [4.69, 9.17) is 0 Å². The molecule has 0 amide bonds. The first kappa shape index (κ1) is 23.0. The van der Waals surface area contributed by atoms with E-state index in [0.29, 0.717) is 0 Å². The summed E-state index contributed by atoms with van der Waals surface area (Å²) >= 11 is 0. The van der Waals surface area contributed by atoms with Gasteiger partial charge in [0, 0.05) is 28.3 Å². The fourth-order valence-electron chi connectivity index (χ4n) is 6.93. The quantitative estimate of drug-likeness (QED) is 0.223. The third-order valence-electron chi connectivity index (χ3n) is 8.69. The minimum Gasteiger partial charge on any atom is -0.309 e. The van der Waals surface area contributed by atoms with Gasteiger partial charge in [-0.05, 0) is 64.6 Å². The first-order chi connectivity index (χ1) is 19.8. The predicted molar refractivity (Wildman–Crippen MR) is 168 cm³/mol. The van der Waals surface area contributed by atoms with Crippen LogP contribution in [0.5, 0.6) is 0 Å². The highest BCUT2D eigenvalue weighted by Gasteiger charge is 2.35. The van der Waals surface area contributed by atoms with E-state index in [-0.39, 0.29) is 11.8 Å². The lowest BCUT2D eigenvalue weighted by molar-refractivity contribution is 0.648. The van der Waals surface area contributed by atoms with Crippen molar-refractivity contribution in [1.82, 2.24) is 4.57 Å². The van der Waals surface area contributed by atoms with Crippen LogP contribution in [0.1, 0.15) is 33.7 Å². The van der Waals surface area contributed by atoms with Crippen LogP contribution in [0.25, 0.3) is 33.1 Å². The molecule has 0 saturated carbocycles. The van der Waals surface area contributed by atoms with E-state index in [2.05, 4.69) is 157 Å². The van der Waals surface area contributed by atoms with Crippen LogP contribution in [0.15, 0.2) is 151 Å². The van der Waals surface area contributed by atoms with E-state index < -0.39 is 0 Å². The van der Waals surface area contributed by atoms with Crippen LogP contribution >= 0.6 is 0 Å². The second-order valence-corrected chi connectivity index (χ2v) is 11.0. The molecule has 5 aromatic carbocycles. The fourth-order valence-corrected chi connectivity index (χ4v) is 6.93. The van der Waals surface area contributed by atoms with Gasteiger partial charge in [-0.2, -0.15) is 0 Å². The van der Waals surface area contributed by atoms with E-state index in [1.807, 2.05) is 0 Å². The molecule has 0 bridgehead atoms. The van der Waals surface area contributed by atoms with Crippen LogP contribution in [0.4, 0.5) is 0 Å². The molecule has 6 aromatic rings. The van der Waals surface area contributed by atoms with Gasteiger partial charge >= 0.3 is 0 Å². The second-order valence-electron chi connectivity index (χ2n) is 11.0. The molecule has 0 radical (unpaired) electrons. The van der Waals surface area contributed by atoms with Gasteiger partial charge in [-0.15, -0.1) is 0 Å². The normalized spacial score (nSPS) is 17.8. The molecule has 2 aliphatic carbocycles. The zero-order valence-corrected chi connectivity index (χ0v) is 22.5. The van der Waals surface area contributed by atoms with Crippen molar-refractivity contribution in [3.8, 4) is 5.69 Å². The van der Waals surface area contributed by atoms with Crippen LogP contribution in [-0.2, 0) is 0 Å². The summed E-state index contributed by atoms with van der Waals surface area (Å²) in [6.07, 6.45) is 9.15. The Kier molecular flexibility index (Phi) is 5.24. The summed E-state index contributed by atoms with van der Waals surface area (Å²) < 4.78 is 2.41. The van der Waals surface area contributed by atoms with Gasteiger partial charge in [-0.1, -0.05) is 127 Å². The van der Waals surface area contributed by atoms with Crippen molar-refractivity contribution < 1.29 is 0 Å². The number of aromatic nitrogens is 1. The summed E-state index contributed by atoms with van der Waals surface area (Å²) in [6.45, 7) is 2.16. The molecule has 190 valence electrons. The summed E-state index contributed by atoms with van der Waals surface area (Å²) in [5.41, 5.74) is 13.1. The standard InChI is InChI=1S/C39H29N/c1-26-21-23-27(24-22-26)38-32-15-2-4-17-34(32)39(35-18-5-3-16-33(35)38)28-11-10-12-29(25-28)40-36-19-8-6-13-30(36)31-14-7-9-20-37(31)40/h2-25,32,38H,1H3. The van der Waals surface area contributed by atoms with Crippen LogP contribution in [0.2, 0.25) is 0 Å². The molecule has 1 heterocycles. The molecular weight excluding hydrogens is 482 g/mol. The fraction of sp³-hybridized carbons (Fsp3) is 0.0769. The highest BCUT2D eigenvalue weighted by molar-refractivity contribution is 6.09. The molecule has 40 heavy (non-hydrogen) atoms. The van der Waals surface area contributed by atoms with Gasteiger partial charge in [0.15, 0.2) is 0 Å². The van der Waals surface area contributed by atoms with Gasteiger partial charge < -0.3 is 4.57 Å². The highest BCUT2D eigenvalue weighted by Crippen LogP contribution is 2.50. The lowest BCUT2D eigenvalue weighted by Gasteiger charge is -2.37. The Morgan fingerprint density at radius 3 is 2.10 bits per heavy atom. The SMILES string of the molecule is Cc1ccc(C2c3ccccc3C(c3cccc(-n4c5ccccc5c5ccccc54)c3)=C3C=CC=CC32)cc1. The Hall–Kier alpha value is -4.88. The first-order valence-electron chi connectivity index (χ1n) is 14.1. The summed E-state index contributed by atoms with van der Waals surface area (Å²) in [7, 11) is 0. The van der Waals surface area contributed by atoms with Gasteiger partial charge in [0.25, 0.3) is 0 Å². The van der Waals surface area contributed by atoms with Gasteiger partial charge in [-0.3, -0.25) is 0 Å². The monoisotopic (exact) mass is 511 g/mol. The largest absolute Gasteiger partial charge is 0.309 e. The molecule has 0 N–H and O–H groups in total. The summed E-state index contributed by atoms with van der Waals surface area (Å²) in [6, 6.07) is 44.7. The molecule has 2 atom stereocenters. The molecular formula is C39H29N. The number of rotatable bonds is 3. The highest BCUT2D eigenvalue weighted by atomic mass is 15.0. The van der Waals surface area contributed by atoms with Gasteiger partial charge in [-0.25, -0.2) is 0 Å². The Morgan fingerprint density at radius 2 is 1.32 bits per heavy atom. The number of hydrogen-bond acceptors (Lipinski definition) is 0. The predicted octanol–water partition coefficient (Wildman–Crippen LogP) is 9.78. The first-order valence-corrected chi connectivity index (χ1v) is 14.1. The van der Waals surface area contributed by atoms with Gasteiger partial charge in [0.2, 0.25) is 0 Å². The molecule has 0 aliphatic heterocycles. The molecule has 8 rings (SSSR count). The third kappa shape index (κ3) is 3.48. The summed E-state index contributed by atoms with van der Waals surface area (Å²) in [4.78, 5) is 0. The average molecular weight is 512 g/mol. The number of fused-ring (bicyclic) bond motifs is 5. The van der Waals surface area contributed by atoms with E-state index in [9.17, 15) is 0 Å². The lowest BCUT2D eigenvalue weighted by Crippen LogP contribution is -2.22. The molecule has 2 unspecified atom stereocenters. The van der Waals surface area contributed by atoms with Crippen LogP contribution in [-0.4, -0.2) is 4.57 Å². The Balaban J connectivity index is 1.36. The van der Waals surface area contributed by atoms with Crippen molar-refractivity contribution in [3.05, 3.63) is 179 Å². The molecule has 2 aliphatic rings. The molecule has 0 spiro atoms. The zero-order chi connectivity index (χ0) is 26.6. The number of para-hydroxylation sites is 2. The number of hydrogen-bond donors (Lipinski definition) is 0. The molecule has 1 aromatic heterocycles. The Labute approximate surface area is 235 Å². The van der Waals surface area contributed by atoms with Crippen molar-refractivity contribution in [1.29, 1.82) is 0 Å². The minimum absolute atomic E-state index is 0.287. The maximum Gasteiger partial charge on any atom is 0.0541 e. The summed E-state index contributed by atoms with van der Waals surface area (Å²) in [5.74, 6) is 0.576. The van der Waals surface area contributed by atoms with Crippen LogP contribution in [0, 0.1) is 12.8 Å². The molecule has 1 nitrogen and oxygen atoms in total. The maximum atomic E-state index is 2.41. The van der Waals surface area contributed by atoms with Crippen molar-refractivity contribution in [2.45, 2.75) is 12.8 Å². The van der Waals surface area contributed by atoms with Crippen molar-refractivity contribution >= 4 is 27.4 Å². The van der Waals surface area contributed by atoms with Gasteiger partial charge in [0.1, 0.15) is 0 Å². The molecule has 0 saturated heterocycles. The Bertz CT molecular complexity index is 1960. The van der Waals surface area contributed by atoms with E-state index in [1.165, 1.54) is 66.5 Å². The van der Waals surface area contributed by atoms with Crippen molar-refractivity contribution in [2.75, 3.05) is 0 Å². The average Bonchev–Trinajstić information content (AvgIpc) is 3.35. The van der Waals surface area contributed by atoms with Crippen molar-refractivity contribution in [2.24, 2.45) is 5.92 Å². The summed E-state index contributed by atoms with van der Waals surface area (Å²) in [5, 5.41) is 2.57. The van der Waals surface area contributed by atoms with Crippen LogP contribution in [0.3, 0.4) is 0 Å². The number of nitrogens with zero attached hydrogens (tertiary/aromatic N) is 1. The van der Waals surface area contributed by atoms with E-state index >= 15 is 0 Å². The number of aryl methyl sites for hydroxylation is 1. The number of allylic oxidation sites excluding steroid dienone is 5. The zero-order valence-electron chi connectivity index (χ0n) is 22.5. The van der Waals surface area contributed by atoms with E-state index in [0.717, 1.165) is 0 Å². The molecule has 0 fully saturated rings. The Morgan fingerprint density at radius 1 is 0.625 bits per heavy atom. The van der Waals surface area contributed by atoms with Crippen LogP contribution < -0.4 is 0 Å². The lowest BCUT2D eigenvalue weighted by atomic mass is 9.66. The van der Waals surface area contributed by atoms with E-state index in [1.54, 1.807) is 0 Å². The molecule has 1 heteroatoms. The third-order valence-corrected chi connectivity index (χ3v) is 8.69. The smallest absolute Gasteiger partial charge is 0.0541 e. The van der Waals surface area contributed by atoms with Crippen molar-refractivity contribution in [3.63, 3.8) is 0 Å².